The van der Waals surface area contributed by atoms with Gasteiger partial charge < -0.3 is 16.0 Å². The van der Waals surface area contributed by atoms with E-state index in [-0.39, 0.29) is 34.7 Å². The van der Waals surface area contributed by atoms with Gasteiger partial charge in [-0.3, -0.25) is 24.6 Å². The Kier molecular flexibility index (Phi) is 7.97. The fraction of sp³-hybridized carbons (Fsp3) is 0.526. The minimum Gasteiger partial charge on any atom is -0.374 e. The molecular formula is C19H28BrN5O3. The highest BCUT2D eigenvalue weighted by Crippen LogP contribution is 2.19. The number of amides is 3. The summed E-state index contributed by atoms with van der Waals surface area (Å²) < 4.78 is 0. The van der Waals surface area contributed by atoms with E-state index in [9.17, 15) is 14.4 Å². The van der Waals surface area contributed by atoms with Crippen LogP contribution in [0.25, 0.3) is 0 Å². The lowest BCUT2D eigenvalue weighted by Crippen LogP contribution is -2.56. The number of piperidine rings is 1. The zero-order valence-corrected chi connectivity index (χ0v) is 17.9. The van der Waals surface area contributed by atoms with Gasteiger partial charge in [0.25, 0.3) is 0 Å². The molecule has 9 heteroatoms. The lowest BCUT2D eigenvalue weighted by molar-refractivity contribution is -0.133. The van der Waals surface area contributed by atoms with Gasteiger partial charge in [0.05, 0.1) is 6.54 Å². The van der Waals surface area contributed by atoms with Crippen LogP contribution in [0.2, 0.25) is 0 Å². The number of halogens is 1. The number of hydrogen-bond donors (Lipinski definition) is 4. The van der Waals surface area contributed by atoms with Crippen LogP contribution in [0.15, 0.2) is 24.3 Å². The van der Waals surface area contributed by atoms with Gasteiger partial charge in [-0.1, -0.05) is 6.07 Å². The predicted molar refractivity (Wildman–Crippen MR) is 114 cm³/mol. The summed E-state index contributed by atoms with van der Waals surface area (Å²) in [7, 11) is 0. The van der Waals surface area contributed by atoms with Crippen molar-refractivity contribution in [2.24, 2.45) is 0 Å². The predicted octanol–water partition coefficient (Wildman–Crippen LogP) is 1.10. The molecule has 154 valence electrons. The minimum atomic E-state index is -0.448. The second-order valence-corrected chi connectivity index (χ2v) is 7.31. The van der Waals surface area contributed by atoms with E-state index in [4.69, 9.17) is 0 Å². The van der Waals surface area contributed by atoms with Crippen molar-refractivity contribution in [3.8, 4) is 0 Å². The highest BCUT2D eigenvalue weighted by atomic mass is 79.9. The fourth-order valence-corrected chi connectivity index (χ4v) is 3.57. The Morgan fingerprint density at radius 2 is 1.86 bits per heavy atom. The van der Waals surface area contributed by atoms with Crippen LogP contribution in [0.3, 0.4) is 0 Å². The first-order valence-corrected chi connectivity index (χ1v) is 9.39. The van der Waals surface area contributed by atoms with Gasteiger partial charge >= 0.3 is 0 Å². The summed E-state index contributed by atoms with van der Waals surface area (Å²) in [5.41, 5.74) is 1.40. The van der Waals surface area contributed by atoms with E-state index in [0.717, 1.165) is 18.8 Å². The highest BCUT2D eigenvalue weighted by molar-refractivity contribution is 8.93. The maximum atomic E-state index is 12.5. The molecule has 3 atom stereocenters. The Hall–Kier alpha value is -1.97. The van der Waals surface area contributed by atoms with Gasteiger partial charge in [0, 0.05) is 43.0 Å². The van der Waals surface area contributed by atoms with Gasteiger partial charge in [-0.05, 0) is 38.5 Å². The Balaban J connectivity index is 0.00000280. The molecule has 2 fully saturated rings. The van der Waals surface area contributed by atoms with Crippen molar-refractivity contribution in [2.45, 2.75) is 44.8 Å². The quantitative estimate of drug-likeness (QED) is 0.497. The summed E-state index contributed by atoms with van der Waals surface area (Å²) in [6.07, 6.45) is 0.779. The molecule has 2 heterocycles. The van der Waals surface area contributed by atoms with E-state index >= 15 is 0 Å². The summed E-state index contributed by atoms with van der Waals surface area (Å²) in [5.74, 6) is -0.619. The van der Waals surface area contributed by atoms with E-state index in [1.165, 1.54) is 0 Å². The first kappa shape index (κ1) is 22.3. The lowest BCUT2D eigenvalue weighted by Gasteiger charge is -2.38. The van der Waals surface area contributed by atoms with E-state index in [1.807, 2.05) is 18.2 Å². The topological polar surface area (TPSA) is 103 Å². The molecule has 4 N–H and O–H groups in total. The molecule has 0 radical (unpaired) electrons. The highest BCUT2D eigenvalue weighted by Gasteiger charge is 2.27. The van der Waals surface area contributed by atoms with Crippen molar-refractivity contribution in [3.05, 3.63) is 24.3 Å². The number of carbonyl (C=O) groups excluding carboxylic acids is 3. The molecule has 2 aliphatic rings. The molecule has 1 unspecified atom stereocenters. The second-order valence-electron chi connectivity index (χ2n) is 7.31. The van der Waals surface area contributed by atoms with Crippen molar-refractivity contribution in [1.29, 1.82) is 0 Å². The van der Waals surface area contributed by atoms with Crippen LogP contribution in [0.5, 0.6) is 0 Å². The average molecular weight is 454 g/mol. The molecule has 28 heavy (non-hydrogen) atoms. The number of rotatable bonds is 5. The Morgan fingerprint density at radius 1 is 1.18 bits per heavy atom. The van der Waals surface area contributed by atoms with Gasteiger partial charge in [0.2, 0.25) is 17.7 Å². The van der Waals surface area contributed by atoms with E-state index in [2.05, 4.69) is 40.0 Å². The summed E-state index contributed by atoms with van der Waals surface area (Å²) in [5, 5.41) is 11.7. The molecule has 1 aromatic rings. The van der Waals surface area contributed by atoms with Crippen molar-refractivity contribution in [1.82, 2.24) is 15.5 Å². The first-order valence-electron chi connectivity index (χ1n) is 9.39. The molecule has 3 rings (SSSR count). The van der Waals surface area contributed by atoms with Gasteiger partial charge in [-0.2, -0.15) is 0 Å². The third-order valence-electron chi connectivity index (χ3n) is 5.06. The zero-order chi connectivity index (χ0) is 19.4. The fourth-order valence-electron chi connectivity index (χ4n) is 3.57. The number of benzene rings is 1. The summed E-state index contributed by atoms with van der Waals surface area (Å²) in [6, 6.07) is 7.43. The third-order valence-corrected chi connectivity index (χ3v) is 5.06. The molecule has 0 saturated carbocycles. The molecule has 2 aliphatic heterocycles. The molecule has 0 spiro atoms. The molecule has 0 bridgehead atoms. The van der Waals surface area contributed by atoms with Crippen molar-refractivity contribution in [3.63, 3.8) is 0 Å². The molecular weight excluding hydrogens is 426 g/mol. The van der Waals surface area contributed by atoms with E-state index in [0.29, 0.717) is 37.2 Å². The van der Waals surface area contributed by atoms with Gasteiger partial charge in [0.1, 0.15) is 6.04 Å². The number of nitrogens with zero attached hydrogens (tertiary/aromatic N) is 1. The Morgan fingerprint density at radius 3 is 2.54 bits per heavy atom. The van der Waals surface area contributed by atoms with Crippen LogP contribution in [-0.4, -0.2) is 60.4 Å². The molecule has 1 aromatic carbocycles. The average Bonchev–Trinajstić information content (AvgIpc) is 2.61. The molecule has 3 amide bonds. The maximum absolute atomic E-state index is 12.5. The van der Waals surface area contributed by atoms with Crippen LogP contribution < -0.4 is 21.3 Å². The zero-order valence-electron chi connectivity index (χ0n) is 16.2. The van der Waals surface area contributed by atoms with E-state index < -0.39 is 6.04 Å². The van der Waals surface area contributed by atoms with Crippen LogP contribution in [0.1, 0.15) is 26.7 Å². The third kappa shape index (κ3) is 5.76. The van der Waals surface area contributed by atoms with Gasteiger partial charge in [0.15, 0.2) is 0 Å². The van der Waals surface area contributed by atoms with Crippen LogP contribution >= 0.6 is 17.0 Å². The number of carbonyl (C=O) groups is 3. The van der Waals surface area contributed by atoms with Gasteiger partial charge in [-0.15, -0.1) is 17.0 Å². The second kappa shape index (κ2) is 9.99. The van der Waals surface area contributed by atoms with Gasteiger partial charge in [-0.25, -0.2) is 0 Å². The number of anilines is 2. The largest absolute Gasteiger partial charge is 0.374 e. The van der Waals surface area contributed by atoms with Crippen molar-refractivity contribution < 1.29 is 14.4 Å². The normalized spacial score (nSPS) is 25.4. The number of piperazine rings is 1. The number of hydrogen-bond acceptors (Lipinski definition) is 6. The van der Waals surface area contributed by atoms with Crippen LogP contribution in [0.4, 0.5) is 11.4 Å². The van der Waals surface area contributed by atoms with Crippen molar-refractivity contribution >= 4 is 46.1 Å². The molecule has 0 aromatic heterocycles. The summed E-state index contributed by atoms with van der Waals surface area (Å²) >= 11 is 0. The van der Waals surface area contributed by atoms with E-state index in [1.54, 1.807) is 6.07 Å². The molecule has 2 saturated heterocycles. The van der Waals surface area contributed by atoms with Crippen molar-refractivity contribution in [2.75, 3.05) is 30.3 Å². The summed E-state index contributed by atoms with van der Waals surface area (Å²) in [6.45, 7) is 6.32. The Labute approximate surface area is 175 Å². The lowest BCUT2D eigenvalue weighted by atomic mass is 10.1. The Bertz CT molecular complexity index is 719. The molecule has 8 nitrogen and oxygen atoms in total. The first-order chi connectivity index (χ1) is 12.9. The smallest absolute Gasteiger partial charge is 0.249 e. The summed E-state index contributed by atoms with van der Waals surface area (Å²) in [4.78, 5) is 37.8. The van der Waals surface area contributed by atoms with Crippen LogP contribution in [-0.2, 0) is 14.4 Å². The number of imide groups is 1. The monoisotopic (exact) mass is 453 g/mol. The SMILES string of the molecule is Br.C[C@@H]1CNC[C@H](C)N1CC(=O)Nc1cccc(NC2CCC(=O)NC2=O)c1. The molecule has 0 aliphatic carbocycles. The maximum Gasteiger partial charge on any atom is 0.249 e. The standard InChI is InChI=1S/C19H27N5O3.BrH/c1-12-9-20-10-13(2)24(12)11-18(26)22-15-5-3-4-14(8-15)21-16-6-7-17(25)23-19(16)27;/h3-5,8,12-13,16,20-21H,6-7,9-11H2,1-2H3,(H,22,26)(H,23,25,27);1H/t12-,13+,16?;. The number of nitrogens with one attached hydrogen (secondary N) is 4. The minimum absolute atomic E-state index is 0. The van der Waals surface area contributed by atoms with Crippen LogP contribution in [0, 0.1) is 0 Å².